The molecule has 0 saturated heterocycles. The first-order chi connectivity index (χ1) is 7.49. The van der Waals surface area contributed by atoms with E-state index in [2.05, 4.69) is 25.7 Å². The molecule has 0 fully saturated rings. The monoisotopic (exact) mass is 241 g/mol. The SMILES string of the molecule is CC(C)C(C)N(C)c1c(Cl)cccc1CO. The molecule has 0 radical (unpaired) electrons. The van der Waals surface area contributed by atoms with Gasteiger partial charge in [-0.2, -0.15) is 0 Å². The first kappa shape index (κ1) is 13.3. The number of anilines is 1. The average molecular weight is 242 g/mol. The van der Waals surface area contributed by atoms with E-state index in [-0.39, 0.29) is 6.61 Å². The minimum absolute atomic E-state index is 0.0189. The zero-order valence-electron chi connectivity index (χ0n) is 10.4. The van der Waals surface area contributed by atoms with Gasteiger partial charge in [0.25, 0.3) is 0 Å². The Hall–Kier alpha value is -0.730. The molecule has 1 atom stereocenters. The van der Waals surface area contributed by atoms with E-state index in [1.54, 1.807) is 0 Å². The predicted octanol–water partition coefficient (Wildman–Crippen LogP) is 3.31. The van der Waals surface area contributed by atoms with E-state index in [0.29, 0.717) is 17.0 Å². The first-order valence-electron chi connectivity index (χ1n) is 5.60. The number of nitrogens with zero attached hydrogens (tertiary/aromatic N) is 1. The molecule has 0 aliphatic heterocycles. The highest BCUT2D eigenvalue weighted by molar-refractivity contribution is 6.33. The Morgan fingerprint density at radius 2 is 1.94 bits per heavy atom. The highest BCUT2D eigenvalue weighted by atomic mass is 35.5. The Bertz CT molecular complexity index is 352. The van der Waals surface area contributed by atoms with Gasteiger partial charge in [0.1, 0.15) is 0 Å². The normalized spacial score (nSPS) is 12.9. The maximum Gasteiger partial charge on any atom is 0.0702 e. The Morgan fingerprint density at radius 1 is 1.31 bits per heavy atom. The summed E-state index contributed by atoms with van der Waals surface area (Å²) in [4.78, 5) is 2.14. The van der Waals surface area contributed by atoms with Crippen molar-refractivity contribution in [3.8, 4) is 0 Å². The molecule has 1 aromatic carbocycles. The van der Waals surface area contributed by atoms with Gasteiger partial charge < -0.3 is 10.0 Å². The van der Waals surface area contributed by atoms with Crippen molar-refractivity contribution in [2.75, 3.05) is 11.9 Å². The van der Waals surface area contributed by atoms with Gasteiger partial charge in [0.05, 0.1) is 17.3 Å². The maximum atomic E-state index is 9.33. The molecule has 0 saturated carbocycles. The van der Waals surface area contributed by atoms with Crippen LogP contribution in [0.25, 0.3) is 0 Å². The molecule has 0 heterocycles. The van der Waals surface area contributed by atoms with Crippen molar-refractivity contribution >= 4 is 17.3 Å². The minimum atomic E-state index is 0.0189. The molecule has 2 nitrogen and oxygen atoms in total. The topological polar surface area (TPSA) is 23.5 Å². The molecule has 1 unspecified atom stereocenters. The Labute approximate surface area is 103 Å². The van der Waals surface area contributed by atoms with E-state index in [4.69, 9.17) is 11.6 Å². The zero-order chi connectivity index (χ0) is 12.3. The summed E-state index contributed by atoms with van der Waals surface area (Å²) < 4.78 is 0. The van der Waals surface area contributed by atoms with E-state index < -0.39 is 0 Å². The third-order valence-corrected chi connectivity index (χ3v) is 3.47. The van der Waals surface area contributed by atoms with Crippen LogP contribution in [0, 0.1) is 5.92 Å². The third-order valence-electron chi connectivity index (χ3n) is 3.17. The van der Waals surface area contributed by atoms with Crippen LogP contribution in [-0.4, -0.2) is 18.2 Å². The summed E-state index contributed by atoms with van der Waals surface area (Å²) in [5, 5.41) is 10.0. The molecule has 0 bridgehead atoms. The Kier molecular flexibility index (Phi) is 4.63. The number of halogens is 1. The molecule has 1 rings (SSSR count). The number of rotatable bonds is 4. The van der Waals surface area contributed by atoms with E-state index >= 15 is 0 Å². The molecule has 0 aliphatic carbocycles. The Balaban J connectivity index is 3.11. The van der Waals surface area contributed by atoms with Gasteiger partial charge in [0.2, 0.25) is 0 Å². The van der Waals surface area contributed by atoms with Crippen LogP contribution in [0.5, 0.6) is 0 Å². The van der Waals surface area contributed by atoms with Gasteiger partial charge in [-0.25, -0.2) is 0 Å². The number of benzene rings is 1. The van der Waals surface area contributed by atoms with Crippen molar-refractivity contribution in [1.29, 1.82) is 0 Å². The standard InChI is InChI=1S/C13H20ClNO/c1-9(2)10(3)15(4)13-11(8-16)6-5-7-12(13)14/h5-7,9-10,16H,8H2,1-4H3. The van der Waals surface area contributed by atoms with Gasteiger partial charge >= 0.3 is 0 Å². The molecular weight excluding hydrogens is 222 g/mol. The van der Waals surface area contributed by atoms with Crippen LogP contribution in [0.15, 0.2) is 18.2 Å². The summed E-state index contributed by atoms with van der Waals surface area (Å²) in [5.41, 5.74) is 1.82. The van der Waals surface area contributed by atoms with Crippen LogP contribution in [0.1, 0.15) is 26.3 Å². The summed E-state index contributed by atoms with van der Waals surface area (Å²) in [7, 11) is 2.02. The molecule has 3 heteroatoms. The second kappa shape index (κ2) is 5.55. The van der Waals surface area contributed by atoms with Crippen molar-refractivity contribution in [3.05, 3.63) is 28.8 Å². The number of hydrogen-bond donors (Lipinski definition) is 1. The van der Waals surface area contributed by atoms with Gasteiger partial charge in [0, 0.05) is 18.7 Å². The molecule has 16 heavy (non-hydrogen) atoms. The third kappa shape index (κ3) is 2.69. The van der Waals surface area contributed by atoms with Crippen LogP contribution in [-0.2, 0) is 6.61 Å². The number of aliphatic hydroxyl groups excluding tert-OH is 1. The summed E-state index contributed by atoms with van der Waals surface area (Å²) in [6, 6.07) is 6.01. The van der Waals surface area contributed by atoms with Crippen molar-refractivity contribution in [3.63, 3.8) is 0 Å². The fourth-order valence-electron chi connectivity index (χ4n) is 1.73. The lowest BCUT2D eigenvalue weighted by Gasteiger charge is -2.32. The van der Waals surface area contributed by atoms with Crippen LogP contribution >= 0.6 is 11.6 Å². The van der Waals surface area contributed by atoms with Crippen molar-refractivity contribution in [2.45, 2.75) is 33.4 Å². The van der Waals surface area contributed by atoms with Gasteiger partial charge in [-0.15, -0.1) is 0 Å². The molecule has 0 spiro atoms. The average Bonchev–Trinajstić information content (AvgIpc) is 2.26. The van der Waals surface area contributed by atoms with E-state index in [1.165, 1.54) is 0 Å². The molecule has 0 amide bonds. The predicted molar refractivity (Wildman–Crippen MR) is 70.1 cm³/mol. The summed E-state index contributed by atoms with van der Waals surface area (Å²) in [5.74, 6) is 0.535. The molecule has 1 aromatic rings. The summed E-state index contributed by atoms with van der Waals surface area (Å²) in [6.45, 7) is 6.54. The zero-order valence-corrected chi connectivity index (χ0v) is 11.1. The second-order valence-corrected chi connectivity index (χ2v) is 4.91. The summed E-state index contributed by atoms with van der Waals surface area (Å²) >= 11 is 6.20. The lowest BCUT2D eigenvalue weighted by molar-refractivity contribution is 0.281. The highest BCUT2D eigenvalue weighted by Crippen LogP contribution is 2.31. The van der Waals surface area contributed by atoms with E-state index in [0.717, 1.165) is 11.3 Å². The quantitative estimate of drug-likeness (QED) is 0.874. The molecular formula is C13H20ClNO. The number of aliphatic hydroxyl groups is 1. The van der Waals surface area contributed by atoms with E-state index in [1.807, 2.05) is 25.2 Å². The van der Waals surface area contributed by atoms with E-state index in [9.17, 15) is 5.11 Å². The summed E-state index contributed by atoms with van der Waals surface area (Å²) in [6.07, 6.45) is 0. The van der Waals surface area contributed by atoms with Gasteiger partial charge in [-0.1, -0.05) is 37.6 Å². The lowest BCUT2D eigenvalue weighted by Crippen LogP contribution is -2.34. The maximum absolute atomic E-state index is 9.33. The lowest BCUT2D eigenvalue weighted by atomic mass is 10.0. The fraction of sp³-hybridized carbons (Fsp3) is 0.538. The van der Waals surface area contributed by atoms with Crippen LogP contribution in [0.4, 0.5) is 5.69 Å². The van der Waals surface area contributed by atoms with Crippen molar-refractivity contribution in [1.82, 2.24) is 0 Å². The smallest absolute Gasteiger partial charge is 0.0702 e. The Morgan fingerprint density at radius 3 is 2.44 bits per heavy atom. The molecule has 0 aliphatic rings. The van der Waals surface area contributed by atoms with Gasteiger partial charge in [-0.3, -0.25) is 0 Å². The molecule has 1 N–H and O–H groups in total. The number of hydrogen-bond acceptors (Lipinski definition) is 2. The second-order valence-electron chi connectivity index (χ2n) is 4.50. The van der Waals surface area contributed by atoms with Crippen LogP contribution in [0.2, 0.25) is 5.02 Å². The van der Waals surface area contributed by atoms with Crippen molar-refractivity contribution in [2.24, 2.45) is 5.92 Å². The highest BCUT2D eigenvalue weighted by Gasteiger charge is 2.18. The van der Waals surface area contributed by atoms with Gasteiger partial charge in [0.15, 0.2) is 0 Å². The largest absolute Gasteiger partial charge is 0.392 e. The van der Waals surface area contributed by atoms with Crippen LogP contribution < -0.4 is 4.90 Å². The first-order valence-corrected chi connectivity index (χ1v) is 5.98. The van der Waals surface area contributed by atoms with Crippen molar-refractivity contribution < 1.29 is 5.11 Å². The fourth-order valence-corrected chi connectivity index (χ4v) is 2.06. The molecule has 0 aromatic heterocycles. The van der Waals surface area contributed by atoms with Gasteiger partial charge in [-0.05, 0) is 18.9 Å². The minimum Gasteiger partial charge on any atom is -0.392 e. The van der Waals surface area contributed by atoms with Crippen LogP contribution in [0.3, 0.4) is 0 Å². The number of para-hydroxylation sites is 1. The molecule has 90 valence electrons.